The van der Waals surface area contributed by atoms with Crippen LogP contribution in [0.15, 0.2) is 0 Å². The maximum absolute atomic E-state index is 11.7. The van der Waals surface area contributed by atoms with Gasteiger partial charge < -0.3 is 10.6 Å². The van der Waals surface area contributed by atoms with Crippen molar-refractivity contribution in [2.24, 2.45) is 11.3 Å². The van der Waals surface area contributed by atoms with E-state index in [0.29, 0.717) is 17.8 Å². The van der Waals surface area contributed by atoms with Gasteiger partial charge >= 0.3 is 0 Å². The van der Waals surface area contributed by atoms with E-state index >= 15 is 0 Å². The second-order valence-electron chi connectivity index (χ2n) is 5.46. The first kappa shape index (κ1) is 13.5. The summed E-state index contributed by atoms with van der Waals surface area (Å²) in [6.45, 7) is 10.4. The molecule has 3 nitrogen and oxygen atoms in total. The molecule has 0 radical (unpaired) electrons. The van der Waals surface area contributed by atoms with Gasteiger partial charge in [0.2, 0.25) is 5.91 Å². The van der Waals surface area contributed by atoms with Gasteiger partial charge in [0, 0.05) is 19.0 Å². The molecule has 1 aliphatic carbocycles. The van der Waals surface area contributed by atoms with E-state index < -0.39 is 0 Å². The average molecular weight is 226 g/mol. The van der Waals surface area contributed by atoms with Gasteiger partial charge in [-0.3, -0.25) is 4.79 Å². The Bertz CT molecular complexity index is 234. The normalized spacial score (nSPS) is 19.6. The average Bonchev–Trinajstić information content (AvgIpc) is 2.95. The maximum atomic E-state index is 11.7. The van der Waals surface area contributed by atoms with Crippen LogP contribution in [-0.2, 0) is 4.79 Å². The van der Waals surface area contributed by atoms with Crippen molar-refractivity contribution < 1.29 is 4.79 Å². The molecule has 1 unspecified atom stereocenters. The van der Waals surface area contributed by atoms with E-state index in [4.69, 9.17) is 0 Å². The summed E-state index contributed by atoms with van der Waals surface area (Å²) in [6, 6.07) is 0.277. The second-order valence-corrected chi connectivity index (χ2v) is 5.46. The van der Waals surface area contributed by atoms with Crippen LogP contribution >= 0.6 is 0 Å². The SMILES string of the molecule is CCNC(C)CC(=O)NCC1(C(C)C)CC1. The summed E-state index contributed by atoms with van der Waals surface area (Å²) in [5.74, 6) is 0.861. The number of hydrogen-bond acceptors (Lipinski definition) is 2. The van der Waals surface area contributed by atoms with E-state index in [1.807, 2.05) is 0 Å². The Morgan fingerprint density at radius 2 is 1.94 bits per heavy atom. The summed E-state index contributed by atoms with van der Waals surface area (Å²) in [7, 11) is 0. The second kappa shape index (κ2) is 5.67. The molecule has 0 bridgehead atoms. The number of carbonyl (C=O) groups is 1. The number of amides is 1. The molecular weight excluding hydrogens is 200 g/mol. The molecule has 2 N–H and O–H groups in total. The number of hydrogen-bond donors (Lipinski definition) is 2. The van der Waals surface area contributed by atoms with Crippen LogP contribution in [0.25, 0.3) is 0 Å². The van der Waals surface area contributed by atoms with Crippen LogP contribution in [0, 0.1) is 11.3 Å². The highest BCUT2D eigenvalue weighted by Gasteiger charge is 2.45. The van der Waals surface area contributed by atoms with Crippen molar-refractivity contribution in [3.63, 3.8) is 0 Å². The zero-order chi connectivity index (χ0) is 12.2. The van der Waals surface area contributed by atoms with E-state index in [-0.39, 0.29) is 11.9 Å². The van der Waals surface area contributed by atoms with Crippen molar-refractivity contribution in [3.8, 4) is 0 Å². The molecule has 0 aromatic carbocycles. The third kappa shape index (κ3) is 3.78. The van der Waals surface area contributed by atoms with Crippen LogP contribution in [0.4, 0.5) is 0 Å². The predicted molar refractivity (Wildman–Crippen MR) is 67.3 cm³/mol. The highest BCUT2D eigenvalue weighted by atomic mass is 16.1. The lowest BCUT2D eigenvalue weighted by atomic mass is 9.92. The molecule has 0 aliphatic heterocycles. The summed E-state index contributed by atoms with van der Waals surface area (Å²) < 4.78 is 0. The Hall–Kier alpha value is -0.570. The molecule has 1 saturated carbocycles. The van der Waals surface area contributed by atoms with Crippen molar-refractivity contribution in [1.82, 2.24) is 10.6 Å². The van der Waals surface area contributed by atoms with Crippen molar-refractivity contribution >= 4 is 5.91 Å². The first-order valence-electron chi connectivity index (χ1n) is 6.50. The van der Waals surface area contributed by atoms with Gasteiger partial charge in [-0.05, 0) is 37.6 Å². The van der Waals surface area contributed by atoms with E-state index in [1.165, 1.54) is 12.8 Å². The maximum Gasteiger partial charge on any atom is 0.221 e. The fourth-order valence-corrected chi connectivity index (χ4v) is 2.16. The first-order chi connectivity index (χ1) is 7.50. The van der Waals surface area contributed by atoms with Crippen LogP contribution in [0.2, 0.25) is 0 Å². The highest BCUT2D eigenvalue weighted by Crippen LogP contribution is 2.51. The zero-order valence-electron chi connectivity index (χ0n) is 11.1. The summed E-state index contributed by atoms with van der Waals surface area (Å²) in [4.78, 5) is 11.7. The van der Waals surface area contributed by atoms with Gasteiger partial charge in [-0.15, -0.1) is 0 Å². The molecule has 0 saturated heterocycles. The highest BCUT2D eigenvalue weighted by molar-refractivity contribution is 5.76. The van der Waals surface area contributed by atoms with Crippen LogP contribution in [0.1, 0.15) is 47.0 Å². The van der Waals surface area contributed by atoms with E-state index in [1.54, 1.807) is 0 Å². The lowest BCUT2D eigenvalue weighted by Gasteiger charge is -2.20. The fourth-order valence-electron chi connectivity index (χ4n) is 2.16. The van der Waals surface area contributed by atoms with Crippen molar-refractivity contribution in [3.05, 3.63) is 0 Å². The van der Waals surface area contributed by atoms with Crippen molar-refractivity contribution in [2.75, 3.05) is 13.1 Å². The minimum Gasteiger partial charge on any atom is -0.355 e. The molecule has 1 rings (SSSR count). The predicted octanol–water partition coefficient (Wildman–Crippen LogP) is 1.93. The summed E-state index contributed by atoms with van der Waals surface area (Å²) in [5.41, 5.74) is 0.414. The molecule has 0 aromatic heterocycles. The lowest BCUT2D eigenvalue weighted by molar-refractivity contribution is -0.121. The van der Waals surface area contributed by atoms with Crippen LogP contribution in [0.3, 0.4) is 0 Å². The third-order valence-electron chi connectivity index (χ3n) is 3.80. The summed E-state index contributed by atoms with van der Waals surface area (Å²) in [6.07, 6.45) is 3.13. The van der Waals surface area contributed by atoms with Crippen LogP contribution < -0.4 is 10.6 Å². The molecule has 94 valence electrons. The Morgan fingerprint density at radius 3 is 2.38 bits per heavy atom. The molecule has 3 heteroatoms. The first-order valence-corrected chi connectivity index (χ1v) is 6.50. The van der Waals surface area contributed by atoms with Gasteiger partial charge in [-0.25, -0.2) is 0 Å². The van der Waals surface area contributed by atoms with Crippen LogP contribution in [0.5, 0.6) is 0 Å². The Labute approximate surface area is 99.4 Å². The van der Waals surface area contributed by atoms with Crippen LogP contribution in [-0.4, -0.2) is 25.0 Å². The van der Waals surface area contributed by atoms with E-state index in [0.717, 1.165) is 13.1 Å². The fraction of sp³-hybridized carbons (Fsp3) is 0.923. The Balaban J connectivity index is 2.20. The number of nitrogens with one attached hydrogen (secondary N) is 2. The van der Waals surface area contributed by atoms with Crippen molar-refractivity contribution in [2.45, 2.75) is 53.0 Å². The molecule has 0 heterocycles. The van der Waals surface area contributed by atoms with Gasteiger partial charge in [0.25, 0.3) is 0 Å². The molecule has 1 amide bonds. The topological polar surface area (TPSA) is 41.1 Å². The summed E-state index contributed by atoms with van der Waals surface area (Å²) in [5, 5.41) is 6.33. The quantitative estimate of drug-likeness (QED) is 0.696. The van der Waals surface area contributed by atoms with Gasteiger partial charge in [0.1, 0.15) is 0 Å². The monoisotopic (exact) mass is 226 g/mol. The Morgan fingerprint density at radius 1 is 1.31 bits per heavy atom. The summed E-state index contributed by atoms with van der Waals surface area (Å²) >= 11 is 0. The lowest BCUT2D eigenvalue weighted by Crippen LogP contribution is -2.37. The minimum atomic E-state index is 0.181. The van der Waals surface area contributed by atoms with Gasteiger partial charge in [0.05, 0.1) is 0 Å². The number of rotatable bonds is 7. The zero-order valence-corrected chi connectivity index (χ0v) is 11.1. The molecule has 0 spiro atoms. The standard InChI is InChI=1S/C13H26N2O/c1-5-14-11(4)8-12(16)15-9-13(6-7-13)10(2)3/h10-11,14H,5-9H2,1-4H3,(H,15,16). The van der Waals surface area contributed by atoms with Gasteiger partial charge in [0.15, 0.2) is 0 Å². The molecule has 1 atom stereocenters. The third-order valence-corrected chi connectivity index (χ3v) is 3.80. The van der Waals surface area contributed by atoms with E-state index in [2.05, 4.69) is 38.3 Å². The smallest absolute Gasteiger partial charge is 0.221 e. The molecule has 1 fully saturated rings. The minimum absolute atomic E-state index is 0.181. The molecule has 0 aromatic rings. The molecule has 1 aliphatic rings. The molecular formula is C13H26N2O. The van der Waals surface area contributed by atoms with Gasteiger partial charge in [-0.2, -0.15) is 0 Å². The largest absolute Gasteiger partial charge is 0.355 e. The molecule has 16 heavy (non-hydrogen) atoms. The van der Waals surface area contributed by atoms with E-state index in [9.17, 15) is 4.79 Å². The van der Waals surface area contributed by atoms with Crippen molar-refractivity contribution in [1.29, 1.82) is 0 Å². The van der Waals surface area contributed by atoms with Gasteiger partial charge in [-0.1, -0.05) is 20.8 Å². The number of carbonyl (C=O) groups excluding carboxylic acids is 1. The Kier molecular flexibility index (Phi) is 4.78.